The number of primary amides is 4. The van der Waals surface area contributed by atoms with E-state index in [0.717, 1.165) is 22.3 Å². The summed E-state index contributed by atoms with van der Waals surface area (Å²) in [7, 11) is 0. The number of anilines is 1. The van der Waals surface area contributed by atoms with E-state index in [9.17, 15) is 28.8 Å². The Bertz CT molecular complexity index is 2090. The molecule has 2 heterocycles. The van der Waals surface area contributed by atoms with Crippen molar-refractivity contribution in [1.29, 1.82) is 0 Å². The molecular formula is C44H53N7O8. The van der Waals surface area contributed by atoms with Crippen molar-refractivity contribution in [2.75, 3.05) is 18.0 Å². The number of hydrogen-bond donors (Lipinski definition) is 4. The summed E-state index contributed by atoms with van der Waals surface area (Å²) in [4.78, 5) is 89.6. The zero-order valence-electron chi connectivity index (χ0n) is 34.0. The third-order valence-corrected chi connectivity index (χ3v) is 14.1. The Morgan fingerprint density at radius 3 is 1.39 bits per heavy atom. The Balaban J connectivity index is 1.50. The Kier molecular flexibility index (Phi) is 10.6. The highest BCUT2D eigenvalue weighted by Gasteiger charge is 2.71. The van der Waals surface area contributed by atoms with Crippen molar-refractivity contribution in [2.45, 2.75) is 113 Å². The van der Waals surface area contributed by atoms with E-state index in [1.54, 1.807) is 9.80 Å². The van der Waals surface area contributed by atoms with E-state index < -0.39 is 70.2 Å². The molecule has 6 aliphatic rings. The number of carbonyl (C=O) groups is 6. The highest BCUT2D eigenvalue weighted by Crippen LogP contribution is 2.54. The molecule has 0 saturated carbocycles. The van der Waals surface area contributed by atoms with Gasteiger partial charge in [0.15, 0.2) is 0 Å². The third kappa shape index (κ3) is 5.83. The van der Waals surface area contributed by atoms with Crippen LogP contribution in [0.4, 0.5) is 15.3 Å². The summed E-state index contributed by atoms with van der Waals surface area (Å²) in [5.41, 5.74) is 22.5. The second kappa shape index (κ2) is 15.1. The van der Waals surface area contributed by atoms with Gasteiger partial charge in [0.25, 0.3) is 11.8 Å². The zero-order chi connectivity index (χ0) is 42.7. The Morgan fingerprint density at radius 1 is 0.661 bits per heavy atom. The van der Waals surface area contributed by atoms with E-state index in [1.165, 1.54) is 0 Å². The van der Waals surface area contributed by atoms with Gasteiger partial charge in [-0.1, -0.05) is 74.5 Å². The second-order valence-corrected chi connectivity index (χ2v) is 16.4. The number of benzene rings is 3. The van der Waals surface area contributed by atoms with Crippen LogP contribution in [-0.4, -0.2) is 82.2 Å². The van der Waals surface area contributed by atoms with Gasteiger partial charge in [0.2, 0.25) is 11.1 Å². The van der Waals surface area contributed by atoms with Crippen LogP contribution in [0.5, 0.6) is 0 Å². The van der Waals surface area contributed by atoms with Crippen molar-refractivity contribution >= 4 is 41.6 Å². The van der Waals surface area contributed by atoms with Gasteiger partial charge >= 0.3 is 24.1 Å². The zero-order valence-corrected chi connectivity index (χ0v) is 34.0. The number of hydrogen-bond acceptors (Lipinski definition) is 11. The van der Waals surface area contributed by atoms with Crippen LogP contribution in [0.25, 0.3) is 0 Å². The van der Waals surface area contributed by atoms with E-state index in [0.29, 0.717) is 42.5 Å². The SMILES string of the molecule is CCC1([C@](C(N)=O)(C(=O)OC(N)=O)N2CCCC2N(c2cccc(C)c2C)C2CCCN2[C@@](C(N)=O)(C(=O)OC(N)=O)C2(CC)Cc3ccc2cc3)Cc2ccc1cc2. The van der Waals surface area contributed by atoms with E-state index in [1.807, 2.05) is 94.4 Å². The maximum Gasteiger partial charge on any atom is 0.412 e. The molecule has 0 radical (unpaired) electrons. The molecule has 2 aliphatic heterocycles. The van der Waals surface area contributed by atoms with Gasteiger partial charge in [-0.3, -0.25) is 19.4 Å². The summed E-state index contributed by atoms with van der Waals surface area (Å²) in [5.74, 6) is -4.42. The number of likely N-dealkylation sites (tertiary alicyclic amines) is 2. The molecule has 3 aromatic rings. The predicted molar refractivity (Wildman–Crippen MR) is 217 cm³/mol. The Morgan fingerprint density at radius 2 is 1.07 bits per heavy atom. The number of nitrogens with zero attached hydrogens (tertiary/aromatic N) is 3. The topological polar surface area (TPSA) is 235 Å². The molecular weight excluding hydrogens is 755 g/mol. The van der Waals surface area contributed by atoms with Crippen LogP contribution >= 0.6 is 0 Å². The minimum atomic E-state index is -2.28. The molecule has 9 rings (SSSR count). The molecule has 2 saturated heterocycles. The van der Waals surface area contributed by atoms with Crippen LogP contribution in [0.3, 0.4) is 0 Å². The van der Waals surface area contributed by atoms with Crippen LogP contribution in [0, 0.1) is 13.8 Å². The third-order valence-electron chi connectivity index (χ3n) is 14.1. The lowest BCUT2D eigenvalue weighted by Crippen LogP contribution is -2.79. The highest BCUT2D eigenvalue weighted by molar-refractivity contribution is 6.12. The largest absolute Gasteiger partial charge is 0.412 e. The normalized spacial score (nSPS) is 25.5. The summed E-state index contributed by atoms with van der Waals surface area (Å²) in [6.45, 7) is 7.98. The maximum absolute atomic E-state index is 14.9. The molecule has 4 aliphatic carbocycles. The van der Waals surface area contributed by atoms with Crippen molar-refractivity contribution in [3.05, 3.63) is 100 Å². The molecule has 4 bridgehead atoms. The summed E-state index contributed by atoms with van der Waals surface area (Å²) in [5, 5.41) is 0. The molecule has 0 spiro atoms. The van der Waals surface area contributed by atoms with Crippen molar-refractivity contribution in [3.8, 4) is 0 Å². The van der Waals surface area contributed by atoms with Gasteiger partial charge in [-0.15, -0.1) is 0 Å². The smallest absolute Gasteiger partial charge is 0.375 e. The fraction of sp³-hybridized carbons (Fsp3) is 0.455. The standard InChI is InChI=1S/C44H53N7O8/c1-5-41(24-28-14-18-30(41)19-15-28)43(35(45)52,37(54)58-39(47)56)49-22-8-12-33(49)51(32-11-7-10-26(3)27(32)4)34-13-9-23-50(34)44(36(46)53,38(55)59-40(48)57)42(6-2)25-29-16-20-31(42)21-17-29/h7,10-11,14-21,33-34H,5-6,8-9,12-13,22-25H2,1-4H3,(H2,45,52)(H2,46,53)(H2,47,56)(H2,48,57)/t33?,34?,41?,42?,43-,44-/m0/s1. The van der Waals surface area contributed by atoms with Gasteiger partial charge in [-0.05, 0) is 105 Å². The summed E-state index contributed by atoms with van der Waals surface area (Å²) < 4.78 is 10.5. The van der Waals surface area contributed by atoms with Crippen LogP contribution in [-0.2, 0) is 52.3 Å². The fourth-order valence-corrected chi connectivity index (χ4v) is 11.5. The molecule has 4 unspecified atom stereocenters. The summed E-state index contributed by atoms with van der Waals surface area (Å²) in [6, 6.07) is 20.9. The first kappa shape index (κ1) is 41.4. The Hall–Kier alpha value is -5.80. The number of ether oxygens (including phenoxy) is 2. The van der Waals surface area contributed by atoms with Crippen molar-refractivity contribution in [2.24, 2.45) is 22.9 Å². The first-order valence-electron chi connectivity index (χ1n) is 20.3. The van der Waals surface area contributed by atoms with Crippen LogP contribution in [0.15, 0.2) is 66.7 Å². The maximum atomic E-state index is 14.9. The lowest BCUT2D eigenvalue weighted by atomic mass is 9.56. The number of fused-ring (bicyclic) bond motifs is 6. The van der Waals surface area contributed by atoms with Crippen molar-refractivity contribution < 1.29 is 38.2 Å². The van der Waals surface area contributed by atoms with Gasteiger partial charge in [-0.25, -0.2) is 19.2 Å². The molecule has 0 aromatic heterocycles. The molecule has 59 heavy (non-hydrogen) atoms. The van der Waals surface area contributed by atoms with Crippen LogP contribution in [0.2, 0.25) is 0 Å². The van der Waals surface area contributed by atoms with Crippen LogP contribution in [0.1, 0.15) is 85.8 Å². The molecule has 6 atom stereocenters. The van der Waals surface area contributed by atoms with Gasteiger partial charge in [-0.2, -0.15) is 0 Å². The summed E-state index contributed by atoms with van der Waals surface area (Å²) >= 11 is 0. The monoisotopic (exact) mass is 807 g/mol. The van der Waals surface area contributed by atoms with Crippen molar-refractivity contribution in [1.82, 2.24) is 9.80 Å². The van der Waals surface area contributed by atoms with E-state index in [-0.39, 0.29) is 38.8 Å². The van der Waals surface area contributed by atoms with E-state index in [4.69, 9.17) is 32.4 Å². The molecule has 15 heteroatoms. The quantitative estimate of drug-likeness (QED) is 0.144. The number of carbonyl (C=O) groups excluding carboxylic acids is 6. The highest BCUT2D eigenvalue weighted by atomic mass is 16.6. The van der Waals surface area contributed by atoms with E-state index >= 15 is 0 Å². The number of rotatable bonds is 13. The number of esters is 2. The predicted octanol–water partition coefficient (Wildman–Crippen LogP) is 3.45. The molecule has 3 aromatic carbocycles. The first-order chi connectivity index (χ1) is 28.1. The average molecular weight is 808 g/mol. The molecule has 2 fully saturated rings. The van der Waals surface area contributed by atoms with Gasteiger partial charge < -0.3 is 37.3 Å². The Labute approximate surface area is 343 Å². The molecule has 4 amide bonds. The first-order valence-corrected chi connectivity index (χ1v) is 20.3. The lowest BCUT2D eigenvalue weighted by molar-refractivity contribution is -0.167. The molecule has 8 N–H and O–H groups in total. The molecule has 15 nitrogen and oxygen atoms in total. The van der Waals surface area contributed by atoms with Crippen LogP contribution < -0.4 is 27.8 Å². The van der Waals surface area contributed by atoms with Crippen molar-refractivity contribution in [3.63, 3.8) is 0 Å². The average Bonchev–Trinajstić information content (AvgIpc) is 3.88. The van der Waals surface area contributed by atoms with Gasteiger partial charge in [0, 0.05) is 29.6 Å². The number of aryl methyl sites for hydroxylation is 1. The number of amides is 4. The fourth-order valence-electron chi connectivity index (χ4n) is 11.5. The second-order valence-electron chi connectivity index (χ2n) is 16.4. The lowest BCUT2D eigenvalue weighted by Gasteiger charge is -2.58. The van der Waals surface area contributed by atoms with E-state index in [2.05, 4.69) is 4.90 Å². The van der Waals surface area contributed by atoms with Gasteiger partial charge in [0.05, 0.1) is 12.3 Å². The molecule has 312 valence electrons. The minimum absolute atomic E-state index is 0.169. The minimum Gasteiger partial charge on any atom is -0.375 e. The van der Waals surface area contributed by atoms with Gasteiger partial charge in [0.1, 0.15) is 0 Å². The summed E-state index contributed by atoms with van der Waals surface area (Å²) in [6.07, 6.45) is -1.75. The number of nitrogens with two attached hydrogens (primary N) is 4.